The molecule has 170 valence electrons. The number of nitrogens with one attached hydrogen (secondary N) is 2. The smallest absolute Gasteiger partial charge is 0.293 e. The van der Waals surface area contributed by atoms with Gasteiger partial charge in [0.15, 0.2) is 10.9 Å². The molecular formula is C25H24BrN3O2S2. The Labute approximate surface area is 211 Å². The monoisotopic (exact) mass is 541 g/mol. The fourth-order valence-corrected chi connectivity index (χ4v) is 5.87. The lowest BCUT2D eigenvalue weighted by atomic mass is 9.72. The van der Waals surface area contributed by atoms with Crippen LogP contribution in [-0.4, -0.2) is 11.0 Å². The lowest BCUT2D eigenvalue weighted by Crippen LogP contribution is -2.33. The summed E-state index contributed by atoms with van der Waals surface area (Å²) in [5.41, 5.74) is 2.84. The van der Waals surface area contributed by atoms with Crippen molar-refractivity contribution in [2.24, 2.45) is 11.3 Å². The van der Waals surface area contributed by atoms with Gasteiger partial charge in [-0.05, 0) is 72.6 Å². The first-order valence-electron chi connectivity index (χ1n) is 10.7. The predicted molar refractivity (Wildman–Crippen MR) is 140 cm³/mol. The molecule has 1 aliphatic carbocycles. The third kappa shape index (κ3) is 5.21. The van der Waals surface area contributed by atoms with Gasteiger partial charge in [0.2, 0.25) is 0 Å². The van der Waals surface area contributed by atoms with Crippen LogP contribution in [0.2, 0.25) is 0 Å². The minimum Gasteiger partial charge on any atom is -0.451 e. The van der Waals surface area contributed by atoms with E-state index in [2.05, 4.69) is 53.4 Å². The molecule has 1 atom stereocenters. The zero-order chi connectivity index (χ0) is 23.8. The highest BCUT2D eigenvalue weighted by Crippen LogP contribution is 2.44. The Morgan fingerprint density at radius 2 is 1.97 bits per heavy atom. The minimum atomic E-state index is -0.441. The van der Waals surface area contributed by atoms with Crippen LogP contribution in [0, 0.1) is 22.7 Å². The number of nitriles is 1. The molecule has 1 unspecified atom stereocenters. The second-order valence-electron chi connectivity index (χ2n) is 9.20. The van der Waals surface area contributed by atoms with E-state index in [9.17, 15) is 10.1 Å². The van der Waals surface area contributed by atoms with E-state index >= 15 is 0 Å². The maximum atomic E-state index is 12.6. The van der Waals surface area contributed by atoms with Crippen LogP contribution in [0.3, 0.4) is 0 Å². The Balaban J connectivity index is 1.44. The van der Waals surface area contributed by atoms with Crippen molar-refractivity contribution in [1.29, 1.82) is 5.26 Å². The summed E-state index contributed by atoms with van der Waals surface area (Å²) in [5.74, 6) is 0.894. The first-order valence-corrected chi connectivity index (χ1v) is 12.7. The summed E-state index contributed by atoms with van der Waals surface area (Å²) in [4.78, 5) is 13.9. The maximum Gasteiger partial charge on any atom is 0.293 e. The number of hydrogen-bond donors (Lipinski definition) is 2. The number of carbonyl (C=O) groups excluding carboxylic acids is 1. The summed E-state index contributed by atoms with van der Waals surface area (Å²) in [6, 6.07) is 13.3. The number of anilines is 1. The van der Waals surface area contributed by atoms with Gasteiger partial charge in [0.05, 0.1) is 5.56 Å². The molecule has 2 heterocycles. The van der Waals surface area contributed by atoms with Gasteiger partial charge in [0, 0.05) is 14.9 Å². The summed E-state index contributed by atoms with van der Waals surface area (Å²) in [6.07, 6.45) is 2.93. The molecule has 0 fully saturated rings. The van der Waals surface area contributed by atoms with E-state index in [1.165, 1.54) is 4.88 Å². The zero-order valence-corrected chi connectivity index (χ0v) is 21.8. The van der Waals surface area contributed by atoms with Gasteiger partial charge in [0.1, 0.15) is 16.8 Å². The number of amides is 1. The van der Waals surface area contributed by atoms with Crippen molar-refractivity contribution in [3.63, 3.8) is 0 Å². The van der Waals surface area contributed by atoms with Crippen molar-refractivity contribution >= 4 is 55.5 Å². The van der Waals surface area contributed by atoms with Crippen LogP contribution < -0.4 is 10.6 Å². The second-order valence-corrected chi connectivity index (χ2v) is 11.6. The molecule has 5 nitrogen and oxygen atoms in total. The maximum absolute atomic E-state index is 12.6. The van der Waals surface area contributed by atoms with Crippen molar-refractivity contribution < 1.29 is 9.21 Å². The van der Waals surface area contributed by atoms with Crippen LogP contribution in [0.15, 0.2) is 45.3 Å². The fraction of sp³-hybridized carbons (Fsp3) is 0.320. The Bertz CT molecular complexity index is 1250. The van der Waals surface area contributed by atoms with Gasteiger partial charge in [0.25, 0.3) is 5.91 Å². The standard InChI is InChI=1S/C25H24BrN3O2S2/c1-25(2,3)15-6-9-17-18(13-27)23(33-21(17)12-15)29-24(32)28-22(30)20-11-10-19(31-20)14-4-7-16(26)8-5-14/h4-5,7-8,10-11,15H,6,9,12H2,1-3H3,(H2,28,29,30,32). The van der Waals surface area contributed by atoms with Crippen molar-refractivity contribution in [3.8, 4) is 17.4 Å². The third-order valence-corrected chi connectivity index (χ3v) is 7.92. The van der Waals surface area contributed by atoms with Crippen LogP contribution >= 0.6 is 39.5 Å². The molecule has 2 aromatic heterocycles. The molecule has 1 amide bonds. The van der Waals surface area contributed by atoms with Gasteiger partial charge in [-0.2, -0.15) is 5.26 Å². The first kappa shape index (κ1) is 23.7. The Morgan fingerprint density at radius 1 is 1.24 bits per heavy atom. The van der Waals surface area contributed by atoms with Crippen molar-refractivity contribution in [2.45, 2.75) is 40.0 Å². The number of benzene rings is 1. The molecule has 8 heteroatoms. The number of carbonyl (C=O) groups is 1. The van der Waals surface area contributed by atoms with E-state index in [1.54, 1.807) is 23.5 Å². The molecule has 1 aliphatic rings. The summed E-state index contributed by atoms with van der Waals surface area (Å²) in [7, 11) is 0. The molecule has 0 spiro atoms. The normalized spacial score (nSPS) is 15.4. The van der Waals surface area contributed by atoms with Crippen LogP contribution in [0.25, 0.3) is 11.3 Å². The first-order chi connectivity index (χ1) is 15.7. The highest BCUT2D eigenvalue weighted by molar-refractivity contribution is 9.10. The van der Waals surface area contributed by atoms with Crippen LogP contribution in [0.1, 0.15) is 53.8 Å². The molecule has 0 radical (unpaired) electrons. The van der Waals surface area contributed by atoms with Gasteiger partial charge in [-0.3, -0.25) is 10.1 Å². The highest BCUT2D eigenvalue weighted by Gasteiger charge is 2.32. The van der Waals surface area contributed by atoms with Crippen LogP contribution in [-0.2, 0) is 12.8 Å². The number of rotatable bonds is 3. The van der Waals surface area contributed by atoms with E-state index in [4.69, 9.17) is 16.6 Å². The molecule has 3 aromatic rings. The summed E-state index contributed by atoms with van der Waals surface area (Å²) >= 11 is 10.3. The average Bonchev–Trinajstić information content (AvgIpc) is 3.37. The Kier molecular flexibility index (Phi) is 6.76. The number of nitrogens with zero attached hydrogens (tertiary/aromatic N) is 1. The summed E-state index contributed by atoms with van der Waals surface area (Å²) < 4.78 is 6.68. The zero-order valence-electron chi connectivity index (χ0n) is 18.6. The predicted octanol–water partition coefficient (Wildman–Crippen LogP) is 6.92. The lowest BCUT2D eigenvalue weighted by Gasteiger charge is -2.33. The number of thiocarbonyl (C=S) groups is 1. The van der Waals surface area contributed by atoms with Gasteiger partial charge in [-0.1, -0.05) is 48.8 Å². The molecule has 1 aromatic carbocycles. The van der Waals surface area contributed by atoms with Crippen molar-refractivity contribution in [3.05, 3.63) is 62.6 Å². The van der Waals surface area contributed by atoms with E-state index in [0.29, 0.717) is 22.2 Å². The number of halogens is 1. The molecule has 2 N–H and O–H groups in total. The topological polar surface area (TPSA) is 78.1 Å². The SMILES string of the molecule is CC(C)(C)C1CCc2c(sc(NC(=S)NC(=O)c3ccc(-c4ccc(Br)cc4)o3)c2C#N)C1. The summed E-state index contributed by atoms with van der Waals surface area (Å²) in [5, 5.41) is 16.3. The van der Waals surface area contributed by atoms with E-state index < -0.39 is 5.91 Å². The Hall–Kier alpha value is -2.47. The molecule has 0 saturated heterocycles. The van der Waals surface area contributed by atoms with Gasteiger partial charge < -0.3 is 9.73 Å². The average molecular weight is 543 g/mol. The quantitative estimate of drug-likeness (QED) is 0.352. The van der Waals surface area contributed by atoms with E-state index in [0.717, 1.165) is 34.9 Å². The summed E-state index contributed by atoms with van der Waals surface area (Å²) in [6.45, 7) is 6.80. The van der Waals surface area contributed by atoms with Crippen LogP contribution in [0.5, 0.6) is 0 Å². The largest absolute Gasteiger partial charge is 0.451 e. The molecule has 33 heavy (non-hydrogen) atoms. The van der Waals surface area contributed by atoms with Gasteiger partial charge in [-0.25, -0.2) is 0 Å². The lowest BCUT2D eigenvalue weighted by molar-refractivity contribution is 0.0951. The minimum absolute atomic E-state index is 0.143. The second kappa shape index (κ2) is 9.41. The number of hydrogen-bond acceptors (Lipinski definition) is 5. The van der Waals surface area contributed by atoms with Gasteiger partial charge >= 0.3 is 0 Å². The van der Waals surface area contributed by atoms with E-state index in [1.807, 2.05) is 24.3 Å². The third-order valence-electron chi connectivity index (χ3n) is 6.01. The molecule has 4 rings (SSSR count). The Morgan fingerprint density at radius 3 is 2.64 bits per heavy atom. The van der Waals surface area contributed by atoms with Crippen molar-refractivity contribution in [2.75, 3.05) is 5.32 Å². The molecular weight excluding hydrogens is 518 g/mol. The molecule has 0 bridgehead atoms. The van der Waals surface area contributed by atoms with Crippen molar-refractivity contribution in [1.82, 2.24) is 5.32 Å². The fourth-order valence-electron chi connectivity index (χ4n) is 4.06. The molecule has 0 aliphatic heterocycles. The van der Waals surface area contributed by atoms with Crippen LogP contribution in [0.4, 0.5) is 5.00 Å². The van der Waals surface area contributed by atoms with Gasteiger partial charge in [-0.15, -0.1) is 11.3 Å². The number of fused-ring (bicyclic) bond motifs is 1. The van der Waals surface area contributed by atoms with E-state index in [-0.39, 0.29) is 16.3 Å². The highest BCUT2D eigenvalue weighted by atomic mass is 79.9. The number of thiophene rings is 1. The number of furan rings is 1. The molecule has 0 saturated carbocycles.